The molecule has 156 valence electrons. The summed E-state index contributed by atoms with van der Waals surface area (Å²) < 4.78 is 19.0. The first-order valence-corrected chi connectivity index (χ1v) is 10.0. The van der Waals surface area contributed by atoms with Crippen LogP contribution in [-0.2, 0) is 6.42 Å². The van der Waals surface area contributed by atoms with Gasteiger partial charge in [-0.15, -0.1) is 0 Å². The Bertz CT molecular complexity index is 777. The van der Waals surface area contributed by atoms with Gasteiger partial charge in [0.2, 0.25) is 0 Å². The fourth-order valence-corrected chi connectivity index (χ4v) is 3.42. The number of methoxy groups -OCH3 is 1. The van der Waals surface area contributed by atoms with Crippen LogP contribution in [0.15, 0.2) is 48.5 Å². The molecule has 7 heteroatoms. The Morgan fingerprint density at radius 2 is 1.69 bits per heavy atom. The van der Waals surface area contributed by atoms with Gasteiger partial charge < -0.3 is 20.3 Å². The van der Waals surface area contributed by atoms with Crippen molar-refractivity contribution in [3.8, 4) is 5.75 Å². The average molecular weight is 400 g/mol. The predicted octanol–water partition coefficient (Wildman–Crippen LogP) is 2.50. The molecule has 3 rings (SSSR count). The molecular weight excluding hydrogens is 371 g/mol. The summed E-state index contributed by atoms with van der Waals surface area (Å²) in [4.78, 5) is 16.3. The Balaban J connectivity index is 1.28. The highest BCUT2D eigenvalue weighted by Gasteiger charge is 2.18. The lowest BCUT2D eigenvalue weighted by Crippen LogP contribution is -2.49. The SMILES string of the molecule is COc1ccc(CCNC(=O)NCCN2CCN(c3ccccc3F)CC2)cc1. The van der Waals surface area contributed by atoms with Crippen LogP contribution < -0.4 is 20.3 Å². The molecule has 0 spiro atoms. The number of anilines is 1. The Kier molecular flexibility index (Phi) is 7.69. The molecule has 0 atom stereocenters. The number of halogens is 1. The van der Waals surface area contributed by atoms with Gasteiger partial charge in [0.05, 0.1) is 12.8 Å². The van der Waals surface area contributed by atoms with Crippen LogP contribution in [0, 0.1) is 5.82 Å². The number of hydrogen-bond donors (Lipinski definition) is 2. The van der Waals surface area contributed by atoms with E-state index in [9.17, 15) is 9.18 Å². The molecule has 2 N–H and O–H groups in total. The van der Waals surface area contributed by atoms with Gasteiger partial charge >= 0.3 is 6.03 Å². The zero-order valence-corrected chi connectivity index (χ0v) is 16.9. The van der Waals surface area contributed by atoms with E-state index in [2.05, 4.69) is 20.4 Å². The highest BCUT2D eigenvalue weighted by atomic mass is 19.1. The minimum atomic E-state index is -0.172. The molecule has 1 aliphatic rings. The van der Waals surface area contributed by atoms with Crippen LogP contribution in [0.2, 0.25) is 0 Å². The van der Waals surface area contributed by atoms with Gasteiger partial charge in [-0.25, -0.2) is 9.18 Å². The molecule has 29 heavy (non-hydrogen) atoms. The summed E-state index contributed by atoms with van der Waals surface area (Å²) in [5.41, 5.74) is 1.82. The second-order valence-corrected chi connectivity index (χ2v) is 7.06. The van der Waals surface area contributed by atoms with Gasteiger partial charge in [0, 0.05) is 45.8 Å². The number of piperazine rings is 1. The van der Waals surface area contributed by atoms with Gasteiger partial charge in [0.1, 0.15) is 11.6 Å². The number of urea groups is 1. The Labute approximate surface area is 171 Å². The van der Waals surface area contributed by atoms with Crippen molar-refractivity contribution in [3.63, 3.8) is 0 Å². The summed E-state index contributed by atoms with van der Waals surface area (Å²) in [6, 6.07) is 14.6. The van der Waals surface area contributed by atoms with Crippen molar-refractivity contribution in [1.29, 1.82) is 0 Å². The third kappa shape index (κ3) is 6.35. The van der Waals surface area contributed by atoms with Crippen molar-refractivity contribution in [1.82, 2.24) is 15.5 Å². The fraction of sp³-hybridized carbons (Fsp3) is 0.409. The summed E-state index contributed by atoms with van der Waals surface area (Å²) >= 11 is 0. The number of benzene rings is 2. The van der Waals surface area contributed by atoms with E-state index in [0.717, 1.165) is 50.5 Å². The van der Waals surface area contributed by atoms with Gasteiger partial charge in [0.15, 0.2) is 0 Å². The van der Waals surface area contributed by atoms with Crippen LogP contribution in [0.5, 0.6) is 5.75 Å². The van der Waals surface area contributed by atoms with E-state index in [4.69, 9.17) is 4.74 Å². The van der Waals surface area contributed by atoms with Crippen LogP contribution in [0.25, 0.3) is 0 Å². The molecule has 0 radical (unpaired) electrons. The predicted molar refractivity (Wildman–Crippen MR) is 113 cm³/mol. The smallest absolute Gasteiger partial charge is 0.314 e. The molecule has 1 heterocycles. The van der Waals surface area contributed by atoms with Crippen LogP contribution in [0.3, 0.4) is 0 Å². The number of hydrogen-bond acceptors (Lipinski definition) is 4. The van der Waals surface area contributed by atoms with Gasteiger partial charge in [-0.3, -0.25) is 4.90 Å². The average Bonchev–Trinajstić information content (AvgIpc) is 2.75. The molecule has 1 saturated heterocycles. The number of amides is 2. The summed E-state index contributed by atoms with van der Waals surface area (Å²) in [5, 5.41) is 5.78. The third-order valence-corrected chi connectivity index (χ3v) is 5.14. The van der Waals surface area contributed by atoms with Crippen LogP contribution >= 0.6 is 0 Å². The van der Waals surface area contributed by atoms with Crippen molar-refractivity contribution in [2.75, 3.05) is 57.8 Å². The summed E-state index contributed by atoms with van der Waals surface area (Å²) in [5.74, 6) is 0.656. The molecule has 0 aliphatic carbocycles. The largest absolute Gasteiger partial charge is 0.497 e. The third-order valence-electron chi connectivity index (χ3n) is 5.14. The van der Waals surface area contributed by atoms with E-state index < -0.39 is 0 Å². The van der Waals surface area contributed by atoms with E-state index in [-0.39, 0.29) is 11.8 Å². The van der Waals surface area contributed by atoms with Crippen molar-refractivity contribution >= 4 is 11.7 Å². The van der Waals surface area contributed by atoms with E-state index in [0.29, 0.717) is 18.8 Å². The van der Waals surface area contributed by atoms with E-state index in [1.165, 1.54) is 6.07 Å². The lowest BCUT2D eigenvalue weighted by atomic mass is 10.1. The first kappa shape index (κ1) is 20.9. The highest BCUT2D eigenvalue weighted by molar-refractivity contribution is 5.73. The van der Waals surface area contributed by atoms with Crippen molar-refractivity contribution in [2.45, 2.75) is 6.42 Å². The minimum absolute atomic E-state index is 0.150. The summed E-state index contributed by atoms with van der Waals surface area (Å²) in [6.45, 7) is 5.25. The summed E-state index contributed by atoms with van der Waals surface area (Å²) in [6.07, 6.45) is 0.773. The number of carbonyl (C=O) groups excluding carboxylic acids is 1. The standard InChI is InChI=1S/C22H29FN4O2/c1-29-19-8-6-18(7-9-19)10-11-24-22(28)25-12-13-26-14-16-27(17-15-26)21-5-3-2-4-20(21)23/h2-9H,10-17H2,1H3,(H2,24,25,28). The van der Waals surface area contributed by atoms with Gasteiger partial charge in [-0.1, -0.05) is 24.3 Å². The van der Waals surface area contributed by atoms with Gasteiger partial charge in [0.25, 0.3) is 0 Å². The molecule has 2 aromatic carbocycles. The lowest BCUT2D eigenvalue weighted by molar-refractivity contribution is 0.232. The molecule has 1 aliphatic heterocycles. The number of carbonyl (C=O) groups is 1. The number of para-hydroxylation sites is 1. The Morgan fingerprint density at radius 1 is 1.00 bits per heavy atom. The maximum absolute atomic E-state index is 13.9. The molecule has 1 fully saturated rings. The number of rotatable bonds is 8. The molecule has 2 aromatic rings. The molecule has 0 saturated carbocycles. The Morgan fingerprint density at radius 3 is 2.38 bits per heavy atom. The summed E-state index contributed by atoms with van der Waals surface area (Å²) in [7, 11) is 1.64. The molecule has 0 unspecified atom stereocenters. The van der Waals surface area contributed by atoms with Crippen molar-refractivity contribution < 1.29 is 13.9 Å². The zero-order valence-electron chi connectivity index (χ0n) is 16.9. The van der Waals surface area contributed by atoms with Crippen LogP contribution in [-0.4, -0.2) is 63.9 Å². The molecule has 0 aromatic heterocycles. The molecule has 0 bridgehead atoms. The maximum atomic E-state index is 13.9. The van der Waals surface area contributed by atoms with Crippen molar-refractivity contribution in [3.05, 3.63) is 59.9 Å². The second kappa shape index (κ2) is 10.7. The maximum Gasteiger partial charge on any atom is 0.314 e. The molecular formula is C22H29FN4O2. The van der Waals surface area contributed by atoms with E-state index >= 15 is 0 Å². The number of nitrogens with one attached hydrogen (secondary N) is 2. The normalized spacial score (nSPS) is 14.5. The Hall–Kier alpha value is -2.80. The number of nitrogens with zero attached hydrogens (tertiary/aromatic N) is 2. The fourth-order valence-electron chi connectivity index (χ4n) is 3.42. The van der Waals surface area contributed by atoms with Gasteiger partial charge in [-0.05, 0) is 36.2 Å². The van der Waals surface area contributed by atoms with Crippen molar-refractivity contribution in [2.24, 2.45) is 0 Å². The molecule has 2 amide bonds. The topological polar surface area (TPSA) is 56.8 Å². The highest BCUT2D eigenvalue weighted by Crippen LogP contribution is 2.19. The first-order valence-electron chi connectivity index (χ1n) is 10.0. The van der Waals surface area contributed by atoms with Gasteiger partial charge in [-0.2, -0.15) is 0 Å². The van der Waals surface area contributed by atoms with E-state index in [1.54, 1.807) is 13.2 Å². The molecule has 6 nitrogen and oxygen atoms in total. The second-order valence-electron chi connectivity index (χ2n) is 7.06. The monoisotopic (exact) mass is 400 g/mol. The zero-order chi connectivity index (χ0) is 20.5. The van der Waals surface area contributed by atoms with E-state index in [1.807, 2.05) is 36.4 Å². The lowest BCUT2D eigenvalue weighted by Gasteiger charge is -2.36. The first-order chi connectivity index (χ1) is 14.2. The quantitative estimate of drug-likeness (QED) is 0.715. The van der Waals surface area contributed by atoms with Crippen LogP contribution in [0.4, 0.5) is 14.9 Å². The minimum Gasteiger partial charge on any atom is -0.497 e. The number of ether oxygens (including phenoxy) is 1. The van der Waals surface area contributed by atoms with Crippen LogP contribution in [0.1, 0.15) is 5.56 Å².